The van der Waals surface area contributed by atoms with Crippen LogP contribution in [0.5, 0.6) is 0 Å². The van der Waals surface area contributed by atoms with Crippen LogP contribution in [0, 0.1) is 5.92 Å². The van der Waals surface area contributed by atoms with Crippen LogP contribution in [0.15, 0.2) is 48.5 Å². The molecule has 2 aromatic rings. The fourth-order valence-corrected chi connectivity index (χ4v) is 3.90. The second-order valence-corrected chi connectivity index (χ2v) is 7.96. The van der Waals surface area contributed by atoms with Crippen molar-refractivity contribution < 1.29 is 0 Å². The third kappa shape index (κ3) is 5.12. The molecule has 0 spiro atoms. The highest BCUT2D eigenvalue weighted by molar-refractivity contribution is 7.80. The Kier molecular flexibility index (Phi) is 6.38. The highest BCUT2D eigenvalue weighted by Gasteiger charge is 2.17. The van der Waals surface area contributed by atoms with Crippen molar-refractivity contribution in [2.45, 2.75) is 32.7 Å². The van der Waals surface area contributed by atoms with E-state index in [0.29, 0.717) is 10.1 Å². The van der Waals surface area contributed by atoms with Crippen molar-refractivity contribution in [3.63, 3.8) is 0 Å². The van der Waals surface area contributed by atoms with E-state index in [0.717, 1.165) is 24.7 Å². The van der Waals surface area contributed by atoms with Crippen LogP contribution in [0.3, 0.4) is 0 Å². The Morgan fingerprint density at radius 3 is 2.69 bits per heavy atom. The monoisotopic (exact) mass is 387 g/mol. The Morgan fingerprint density at radius 2 is 2.00 bits per heavy atom. The standard InChI is InChI=1S/C21H26ClN3S/c1-15-5-4-12-25(14-15)20-10-8-17(9-11-20)16(2)23-21(26)24-19-7-3-6-18(22)13-19/h3,6-11,13,15-16H,4-5,12,14H2,1-2H3,(H2,23,24,26). The van der Waals surface area contributed by atoms with Gasteiger partial charge in [-0.05, 0) is 73.8 Å². The first kappa shape index (κ1) is 19.0. The van der Waals surface area contributed by atoms with Crippen molar-refractivity contribution >= 4 is 40.3 Å². The third-order valence-corrected chi connectivity index (χ3v) is 5.30. The lowest BCUT2D eigenvalue weighted by molar-refractivity contribution is 0.447. The molecule has 0 radical (unpaired) electrons. The number of nitrogens with one attached hydrogen (secondary N) is 2. The molecule has 1 aliphatic rings. The topological polar surface area (TPSA) is 27.3 Å². The van der Waals surface area contributed by atoms with Crippen molar-refractivity contribution in [2.75, 3.05) is 23.3 Å². The van der Waals surface area contributed by atoms with Gasteiger partial charge in [-0.3, -0.25) is 0 Å². The van der Waals surface area contributed by atoms with E-state index in [4.69, 9.17) is 23.8 Å². The van der Waals surface area contributed by atoms with E-state index < -0.39 is 0 Å². The predicted octanol–water partition coefficient (Wildman–Crippen LogP) is 5.62. The SMILES string of the molecule is CC1CCCN(c2ccc(C(C)NC(=S)Nc3cccc(Cl)c3)cc2)C1. The van der Waals surface area contributed by atoms with Crippen LogP contribution in [0.4, 0.5) is 11.4 Å². The molecule has 1 fully saturated rings. The molecule has 3 rings (SSSR count). The zero-order valence-electron chi connectivity index (χ0n) is 15.3. The fraction of sp³-hybridized carbons (Fsp3) is 0.381. The molecule has 1 saturated heterocycles. The maximum absolute atomic E-state index is 6.01. The predicted molar refractivity (Wildman–Crippen MR) is 116 cm³/mol. The van der Waals surface area contributed by atoms with Crippen molar-refractivity contribution in [1.82, 2.24) is 5.32 Å². The third-order valence-electron chi connectivity index (χ3n) is 4.85. The summed E-state index contributed by atoms with van der Waals surface area (Å²) in [6.45, 7) is 6.76. The number of nitrogens with zero attached hydrogens (tertiary/aromatic N) is 1. The van der Waals surface area contributed by atoms with Gasteiger partial charge in [0.25, 0.3) is 0 Å². The maximum Gasteiger partial charge on any atom is 0.171 e. The number of piperidine rings is 1. The summed E-state index contributed by atoms with van der Waals surface area (Å²) in [7, 11) is 0. The van der Waals surface area contributed by atoms with E-state index in [1.165, 1.54) is 24.1 Å². The molecule has 0 bridgehead atoms. The highest BCUT2D eigenvalue weighted by atomic mass is 35.5. The summed E-state index contributed by atoms with van der Waals surface area (Å²) in [6.07, 6.45) is 2.62. The van der Waals surface area contributed by atoms with E-state index in [1.54, 1.807) is 0 Å². The van der Waals surface area contributed by atoms with Gasteiger partial charge in [0.15, 0.2) is 5.11 Å². The first-order chi connectivity index (χ1) is 12.5. The lowest BCUT2D eigenvalue weighted by Crippen LogP contribution is -2.34. The molecule has 1 heterocycles. The average molecular weight is 388 g/mol. The Bertz CT molecular complexity index is 747. The number of anilines is 2. The average Bonchev–Trinajstić information content (AvgIpc) is 2.61. The lowest BCUT2D eigenvalue weighted by atomic mass is 9.99. The van der Waals surface area contributed by atoms with Crippen LogP contribution in [-0.2, 0) is 0 Å². The van der Waals surface area contributed by atoms with Gasteiger partial charge in [-0.15, -0.1) is 0 Å². The molecule has 2 N–H and O–H groups in total. The Hall–Kier alpha value is -1.78. The number of benzene rings is 2. The van der Waals surface area contributed by atoms with Gasteiger partial charge in [-0.25, -0.2) is 0 Å². The summed E-state index contributed by atoms with van der Waals surface area (Å²) in [6, 6.07) is 16.5. The molecular formula is C21H26ClN3S. The van der Waals surface area contributed by atoms with E-state index in [-0.39, 0.29) is 6.04 Å². The van der Waals surface area contributed by atoms with E-state index in [2.05, 4.69) is 53.6 Å². The minimum absolute atomic E-state index is 0.128. The summed E-state index contributed by atoms with van der Waals surface area (Å²) in [5.41, 5.74) is 3.41. The van der Waals surface area contributed by atoms with Crippen molar-refractivity contribution in [3.8, 4) is 0 Å². The van der Waals surface area contributed by atoms with Crippen LogP contribution in [0.1, 0.15) is 38.3 Å². The number of halogens is 1. The first-order valence-corrected chi connectivity index (χ1v) is 9.98. The van der Waals surface area contributed by atoms with Crippen molar-refractivity contribution in [3.05, 3.63) is 59.1 Å². The number of rotatable bonds is 4. The van der Waals surface area contributed by atoms with E-state index in [1.807, 2.05) is 24.3 Å². The second-order valence-electron chi connectivity index (χ2n) is 7.12. The lowest BCUT2D eigenvalue weighted by Gasteiger charge is -2.33. The summed E-state index contributed by atoms with van der Waals surface area (Å²) in [4.78, 5) is 2.49. The van der Waals surface area contributed by atoms with E-state index >= 15 is 0 Å². The van der Waals surface area contributed by atoms with Crippen LogP contribution in [0.25, 0.3) is 0 Å². The molecule has 2 unspecified atom stereocenters. The van der Waals surface area contributed by atoms with Crippen LogP contribution in [-0.4, -0.2) is 18.2 Å². The van der Waals surface area contributed by atoms with Crippen LogP contribution >= 0.6 is 23.8 Å². The largest absolute Gasteiger partial charge is 0.371 e. The summed E-state index contributed by atoms with van der Waals surface area (Å²) in [5.74, 6) is 0.777. The summed E-state index contributed by atoms with van der Waals surface area (Å²) < 4.78 is 0. The van der Waals surface area contributed by atoms with Gasteiger partial charge in [-0.1, -0.05) is 36.7 Å². The van der Waals surface area contributed by atoms with Gasteiger partial charge in [0.2, 0.25) is 0 Å². The fourth-order valence-electron chi connectivity index (χ4n) is 3.41. The normalized spacial score (nSPS) is 18.3. The Labute approximate surface area is 166 Å². The molecule has 0 aliphatic carbocycles. The molecule has 26 heavy (non-hydrogen) atoms. The Morgan fingerprint density at radius 1 is 1.23 bits per heavy atom. The highest BCUT2D eigenvalue weighted by Crippen LogP contribution is 2.24. The molecule has 138 valence electrons. The molecule has 1 aliphatic heterocycles. The van der Waals surface area contributed by atoms with Gasteiger partial charge in [-0.2, -0.15) is 0 Å². The zero-order chi connectivity index (χ0) is 18.5. The van der Waals surface area contributed by atoms with E-state index in [9.17, 15) is 0 Å². The number of thiocarbonyl (C=S) groups is 1. The van der Waals surface area contributed by atoms with Gasteiger partial charge in [0, 0.05) is 29.5 Å². The van der Waals surface area contributed by atoms with Crippen molar-refractivity contribution in [2.24, 2.45) is 5.92 Å². The molecule has 0 amide bonds. The van der Waals surface area contributed by atoms with Crippen molar-refractivity contribution in [1.29, 1.82) is 0 Å². The maximum atomic E-state index is 6.01. The minimum atomic E-state index is 0.128. The molecular weight excluding hydrogens is 362 g/mol. The molecule has 5 heteroatoms. The first-order valence-electron chi connectivity index (χ1n) is 9.19. The Balaban J connectivity index is 1.57. The quantitative estimate of drug-likeness (QED) is 0.665. The summed E-state index contributed by atoms with van der Waals surface area (Å²) >= 11 is 11.4. The van der Waals surface area contributed by atoms with Gasteiger partial charge in [0.1, 0.15) is 0 Å². The van der Waals surface area contributed by atoms with Crippen LogP contribution < -0.4 is 15.5 Å². The second kappa shape index (κ2) is 8.74. The van der Waals surface area contributed by atoms with Gasteiger partial charge >= 0.3 is 0 Å². The molecule has 3 nitrogen and oxygen atoms in total. The number of hydrogen-bond acceptors (Lipinski definition) is 2. The molecule has 0 saturated carbocycles. The van der Waals surface area contributed by atoms with Gasteiger partial charge < -0.3 is 15.5 Å². The molecule has 2 aromatic carbocycles. The van der Waals surface area contributed by atoms with Crippen LogP contribution in [0.2, 0.25) is 5.02 Å². The smallest absolute Gasteiger partial charge is 0.171 e. The molecule has 0 aromatic heterocycles. The summed E-state index contributed by atoms with van der Waals surface area (Å²) in [5, 5.41) is 7.79. The number of hydrogen-bond donors (Lipinski definition) is 2. The zero-order valence-corrected chi connectivity index (χ0v) is 16.9. The molecule has 2 atom stereocenters. The van der Waals surface area contributed by atoms with Gasteiger partial charge in [0.05, 0.1) is 6.04 Å². The minimum Gasteiger partial charge on any atom is -0.371 e.